The van der Waals surface area contributed by atoms with Gasteiger partial charge >= 0.3 is 5.97 Å². The van der Waals surface area contributed by atoms with Gasteiger partial charge in [-0.1, -0.05) is 30.0 Å². The molecule has 6 nitrogen and oxygen atoms in total. The molecule has 2 atom stereocenters. The van der Waals surface area contributed by atoms with Crippen LogP contribution >= 0.6 is 35.3 Å². The predicted molar refractivity (Wildman–Crippen MR) is 131 cm³/mol. The number of carbonyl (C=O) groups excluding carboxylic acids is 2. The number of hydrogen-bond donors (Lipinski definition) is 2. The van der Waals surface area contributed by atoms with Crippen LogP contribution in [0.3, 0.4) is 0 Å². The van der Waals surface area contributed by atoms with Gasteiger partial charge in [-0.05, 0) is 60.0 Å². The lowest BCUT2D eigenvalue weighted by atomic mass is 10.1. The first-order valence-electron chi connectivity index (χ1n) is 10.5. The molecule has 2 N–H and O–H groups in total. The number of halogens is 2. The van der Waals surface area contributed by atoms with Crippen LogP contribution in [0.15, 0.2) is 34.6 Å². The molecule has 178 valence electrons. The van der Waals surface area contributed by atoms with Crippen molar-refractivity contribution in [1.29, 1.82) is 0 Å². The zero-order valence-electron chi connectivity index (χ0n) is 17.8. The molecule has 1 saturated carbocycles. The average molecular weight is 523 g/mol. The van der Waals surface area contributed by atoms with Gasteiger partial charge in [0.25, 0.3) is 5.91 Å². The predicted octanol–water partition coefficient (Wildman–Crippen LogP) is 4.65. The fourth-order valence-electron chi connectivity index (χ4n) is 3.93. The molecule has 0 bridgehead atoms. The summed E-state index contributed by atoms with van der Waals surface area (Å²) in [4.78, 5) is 38.7. The van der Waals surface area contributed by atoms with Crippen LogP contribution in [0.5, 0.6) is 0 Å². The van der Waals surface area contributed by atoms with Gasteiger partial charge in [0, 0.05) is 23.9 Å². The van der Waals surface area contributed by atoms with Crippen LogP contribution in [-0.2, 0) is 14.4 Å². The molecular formula is C23H20F2N2O4S3. The molecule has 0 radical (unpaired) electrons. The van der Waals surface area contributed by atoms with E-state index >= 15 is 0 Å². The van der Waals surface area contributed by atoms with Crippen molar-refractivity contribution in [3.05, 3.63) is 51.1 Å². The molecule has 0 unspecified atom stereocenters. The minimum Gasteiger partial charge on any atom is -0.481 e. The zero-order chi connectivity index (χ0) is 24.4. The molecule has 11 heteroatoms. The molecule has 1 aromatic heterocycles. The Bertz CT molecular complexity index is 1200. The van der Waals surface area contributed by atoms with E-state index in [9.17, 15) is 23.2 Å². The molecular weight excluding hydrogens is 502 g/mol. The molecule has 1 aliphatic carbocycles. The Balaban J connectivity index is 1.34. The van der Waals surface area contributed by atoms with E-state index in [0.29, 0.717) is 39.6 Å². The summed E-state index contributed by atoms with van der Waals surface area (Å²) >= 11 is 7.82. The number of thioether (sulfide) groups is 1. The van der Waals surface area contributed by atoms with Gasteiger partial charge in [-0.2, -0.15) is 0 Å². The van der Waals surface area contributed by atoms with E-state index in [0.717, 1.165) is 28.8 Å². The number of aliphatic carboxylic acids is 1. The lowest BCUT2D eigenvalue weighted by Gasteiger charge is -2.16. The van der Waals surface area contributed by atoms with Crippen LogP contribution in [-0.4, -0.2) is 44.7 Å². The highest BCUT2D eigenvalue weighted by Gasteiger charge is 2.33. The van der Waals surface area contributed by atoms with E-state index in [4.69, 9.17) is 17.3 Å². The third-order valence-electron chi connectivity index (χ3n) is 5.73. The minimum absolute atomic E-state index is 0.0627. The second-order valence-electron chi connectivity index (χ2n) is 8.06. The zero-order valence-corrected chi connectivity index (χ0v) is 20.2. The number of nitrogens with one attached hydrogen (secondary N) is 1. The second kappa shape index (κ2) is 10.3. The molecule has 2 amide bonds. The monoisotopic (exact) mass is 522 g/mol. The Labute approximate surface area is 208 Å². The smallest absolute Gasteiger partial charge is 0.306 e. The third kappa shape index (κ3) is 5.53. The number of carboxylic acids is 1. The number of rotatable bonds is 7. The van der Waals surface area contributed by atoms with Gasteiger partial charge in [0.05, 0.1) is 10.8 Å². The van der Waals surface area contributed by atoms with Gasteiger partial charge in [-0.3, -0.25) is 19.3 Å². The highest BCUT2D eigenvalue weighted by molar-refractivity contribution is 8.26. The van der Waals surface area contributed by atoms with E-state index in [1.165, 1.54) is 22.3 Å². The van der Waals surface area contributed by atoms with Crippen molar-refractivity contribution in [1.82, 2.24) is 10.2 Å². The molecule has 4 rings (SSSR count). The minimum atomic E-state index is -0.926. The number of benzene rings is 1. The summed E-state index contributed by atoms with van der Waals surface area (Å²) in [6.07, 6.45) is 3.34. The fourth-order valence-corrected chi connectivity index (χ4v) is 6.15. The highest BCUT2D eigenvalue weighted by atomic mass is 32.2. The number of thiocarbonyl (C=S) groups is 1. The van der Waals surface area contributed by atoms with E-state index in [2.05, 4.69) is 5.32 Å². The van der Waals surface area contributed by atoms with E-state index in [-0.39, 0.29) is 30.8 Å². The van der Waals surface area contributed by atoms with E-state index < -0.39 is 23.5 Å². The molecule has 2 heterocycles. The summed E-state index contributed by atoms with van der Waals surface area (Å²) in [5, 5.41) is 13.7. The molecule has 34 heavy (non-hydrogen) atoms. The van der Waals surface area contributed by atoms with Crippen molar-refractivity contribution in [2.45, 2.75) is 31.7 Å². The van der Waals surface area contributed by atoms with Crippen molar-refractivity contribution in [3.63, 3.8) is 0 Å². The maximum atomic E-state index is 13.5. The Kier molecular flexibility index (Phi) is 7.44. The van der Waals surface area contributed by atoms with Crippen molar-refractivity contribution >= 4 is 63.5 Å². The molecule has 1 saturated heterocycles. The van der Waals surface area contributed by atoms with Crippen LogP contribution in [0.2, 0.25) is 0 Å². The quantitative estimate of drug-likeness (QED) is 0.407. The summed E-state index contributed by atoms with van der Waals surface area (Å²) in [6.45, 7) is 0.132. The summed E-state index contributed by atoms with van der Waals surface area (Å²) in [5.41, 5.74) is 1.24. The Morgan fingerprint density at radius 3 is 2.71 bits per heavy atom. The fraction of sp³-hybridized carbons (Fsp3) is 0.304. The van der Waals surface area contributed by atoms with E-state index in [1.807, 2.05) is 0 Å². The van der Waals surface area contributed by atoms with E-state index in [1.54, 1.807) is 17.5 Å². The van der Waals surface area contributed by atoms with Gasteiger partial charge in [-0.25, -0.2) is 8.78 Å². The SMILES string of the molecule is O=C(CCN1C(=O)C(=Cc2cc(-c3ccc(F)c(F)c3)cs2)SC1=S)N[C@H]1CC[C@@H](C(=O)O)C1. The number of carbonyl (C=O) groups is 3. The molecule has 2 aromatic rings. The van der Waals surface area contributed by atoms with Crippen LogP contribution < -0.4 is 5.32 Å². The summed E-state index contributed by atoms with van der Waals surface area (Å²) in [7, 11) is 0. The number of amides is 2. The first kappa shape index (κ1) is 24.5. The van der Waals surface area contributed by atoms with Crippen LogP contribution in [0.4, 0.5) is 8.78 Å². The van der Waals surface area contributed by atoms with Gasteiger partial charge in [0.15, 0.2) is 11.6 Å². The van der Waals surface area contributed by atoms with Gasteiger partial charge in [0.1, 0.15) is 4.32 Å². The molecule has 2 fully saturated rings. The van der Waals surface area contributed by atoms with Gasteiger partial charge in [0.2, 0.25) is 5.91 Å². The molecule has 1 aromatic carbocycles. The topological polar surface area (TPSA) is 86.7 Å². The van der Waals surface area contributed by atoms with Crippen LogP contribution in [0.1, 0.15) is 30.6 Å². The Morgan fingerprint density at radius 2 is 2.00 bits per heavy atom. The Hall–Kier alpha value is -2.63. The van der Waals surface area contributed by atoms with Gasteiger partial charge < -0.3 is 10.4 Å². The number of carboxylic acid groups (broad SMARTS) is 1. The maximum absolute atomic E-state index is 13.5. The standard InChI is InChI=1S/C23H20F2N2O4S3/c24-17-4-2-12(9-18(17)25)14-8-16(33-11-14)10-19-21(29)27(23(32)34-19)6-5-20(28)26-15-3-1-13(7-15)22(30)31/h2,4,8-11,13,15H,1,3,5-7H2,(H,26,28)(H,30,31)/t13-,15+/m1/s1. The molecule has 0 spiro atoms. The van der Waals surface area contributed by atoms with Crippen molar-refractivity contribution in [3.8, 4) is 11.1 Å². The average Bonchev–Trinajstić information content (AvgIpc) is 3.50. The van der Waals surface area contributed by atoms with Crippen LogP contribution in [0, 0.1) is 17.6 Å². The van der Waals surface area contributed by atoms with Gasteiger partial charge in [-0.15, -0.1) is 11.3 Å². The summed E-state index contributed by atoms with van der Waals surface area (Å²) < 4.78 is 27.1. The lowest BCUT2D eigenvalue weighted by molar-refractivity contribution is -0.141. The Morgan fingerprint density at radius 1 is 1.21 bits per heavy atom. The number of nitrogens with zero attached hydrogens (tertiary/aromatic N) is 1. The first-order chi connectivity index (χ1) is 16.2. The number of thiophene rings is 1. The van der Waals surface area contributed by atoms with Crippen molar-refractivity contribution < 1.29 is 28.3 Å². The number of hydrogen-bond acceptors (Lipinski definition) is 6. The maximum Gasteiger partial charge on any atom is 0.306 e. The summed E-state index contributed by atoms with van der Waals surface area (Å²) in [5.74, 6) is -3.65. The first-order valence-corrected chi connectivity index (χ1v) is 12.6. The van der Waals surface area contributed by atoms with Crippen molar-refractivity contribution in [2.24, 2.45) is 5.92 Å². The molecule has 2 aliphatic rings. The summed E-state index contributed by atoms with van der Waals surface area (Å²) in [6, 6.07) is 5.30. The normalized spacial score (nSPS) is 21.5. The molecule has 1 aliphatic heterocycles. The largest absolute Gasteiger partial charge is 0.481 e. The lowest BCUT2D eigenvalue weighted by Crippen LogP contribution is -2.37. The van der Waals surface area contributed by atoms with Crippen LogP contribution in [0.25, 0.3) is 17.2 Å². The highest BCUT2D eigenvalue weighted by Crippen LogP contribution is 2.35. The van der Waals surface area contributed by atoms with Crippen molar-refractivity contribution in [2.75, 3.05) is 6.54 Å². The second-order valence-corrected chi connectivity index (χ2v) is 10.7. The third-order valence-corrected chi connectivity index (χ3v) is 7.99.